The summed E-state index contributed by atoms with van der Waals surface area (Å²) in [5.41, 5.74) is 7.20. The van der Waals surface area contributed by atoms with Gasteiger partial charge in [-0.1, -0.05) is 6.92 Å². The van der Waals surface area contributed by atoms with E-state index in [4.69, 9.17) is 5.73 Å². The van der Waals surface area contributed by atoms with Crippen molar-refractivity contribution < 1.29 is 13.2 Å². The molecule has 106 valence electrons. The van der Waals surface area contributed by atoms with E-state index >= 15 is 0 Å². The van der Waals surface area contributed by atoms with Crippen LogP contribution in [0.25, 0.3) is 0 Å². The Morgan fingerprint density at radius 1 is 1.37 bits per heavy atom. The van der Waals surface area contributed by atoms with Crippen LogP contribution in [0.15, 0.2) is 12.1 Å². The highest BCUT2D eigenvalue weighted by Crippen LogP contribution is 2.34. The molecule has 0 saturated heterocycles. The number of aryl methyl sites for hydroxylation is 1. The first-order valence-corrected chi connectivity index (χ1v) is 6.46. The summed E-state index contributed by atoms with van der Waals surface area (Å²) in [7, 11) is 0. The molecular weight excluding hydrogens is 255 g/mol. The minimum Gasteiger partial charge on any atom is -0.345 e. The Labute approximate surface area is 110 Å². The van der Waals surface area contributed by atoms with E-state index in [1.807, 2.05) is 13.0 Å². The van der Waals surface area contributed by atoms with E-state index in [0.717, 1.165) is 24.1 Å². The molecule has 3 nitrogen and oxygen atoms in total. The number of anilines is 1. The van der Waals surface area contributed by atoms with E-state index in [0.29, 0.717) is 18.8 Å². The van der Waals surface area contributed by atoms with Crippen molar-refractivity contribution in [3.63, 3.8) is 0 Å². The molecule has 0 aliphatic heterocycles. The second kappa shape index (κ2) is 5.36. The minimum absolute atomic E-state index is 0.0353. The zero-order chi connectivity index (χ0) is 14.0. The fourth-order valence-electron chi connectivity index (χ4n) is 2.06. The average Bonchev–Trinajstić information content (AvgIpc) is 3.18. The van der Waals surface area contributed by atoms with Crippen LogP contribution >= 0.6 is 0 Å². The van der Waals surface area contributed by atoms with Crippen LogP contribution in [0, 0.1) is 0 Å². The highest BCUT2D eigenvalue weighted by atomic mass is 19.4. The number of aromatic nitrogens is 1. The molecule has 1 aromatic rings. The summed E-state index contributed by atoms with van der Waals surface area (Å²) in [5.74, 6) is 0.402. The molecule has 1 saturated carbocycles. The maximum atomic E-state index is 12.7. The molecule has 0 bridgehead atoms. The largest absolute Gasteiger partial charge is 0.405 e. The lowest BCUT2D eigenvalue weighted by molar-refractivity contribution is -0.120. The highest BCUT2D eigenvalue weighted by Gasteiger charge is 2.38. The normalized spacial score (nSPS) is 15.6. The summed E-state index contributed by atoms with van der Waals surface area (Å²) >= 11 is 0. The van der Waals surface area contributed by atoms with Crippen LogP contribution in [0.2, 0.25) is 0 Å². The first-order chi connectivity index (χ1) is 8.93. The molecule has 1 aliphatic rings. The van der Waals surface area contributed by atoms with Crippen molar-refractivity contribution in [2.24, 2.45) is 5.73 Å². The Hall–Kier alpha value is -1.30. The van der Waals surface area contributed by atoms with Crippen LogP contribution in [-0.2, 0) is 13.0 Å². The molecule has 2 rings (SSSR count). The second-order valence-corrected chi connectivity index (χ2v) is 4.86. The van der Waals surface area contributed by atoms with Gasteiger partial charge in [0.05, 0.1) is 0 Å². The Morgan fingerprint density at radius 2 is 2.05 bits per heavy atom. The van der Waals surface area contributed by atoms with Gasteiger partial charge in [-0.2, -0.15) is 13.2 Å². The molecule has 0 radical (unpaired) electrons. The van der Waals surface area contributed by atoms with Crippen molar-refractivity contribution in [1.82, 2.24) is 4.98 Å². The topological polar surface area (TPSA) is 42.1 Å². The summed E-state index contributed by atoms with van der Waals surface area (Å²) in [5, 5.41) is 0. The summed E-state index contributed by atoms with van der Waals surface area (Å²) in [6, 6.07) is 3.48. The van der Waals surface area contributed by atoms with Crippen molar-refractivity contribution in [1.29, 1.82) is 0 Å². The fourth-order valence-corrected chi connectivity index (χ4v) is 2.06. The van der Waals surface area contributed by atoms with Gasteiger partial charge >= 0.3 is 6.18 Å². The van der Waals surface area contributed by atoms with Crippen LogP contribution in [0.5, 0.6) is 0 Å². The van der Waals surface area contributed by atoms with Crippen LogP contribution in [-0.4, -0.2) is 23.7 Å². The number of halogens is 3. The number of rotatable bonds is 5. The van der Waals surface area contributed by atoms with Crippen molar-refractivity contribution in [3.05, 3.63) is 23.4 Å². The van der Waals surface area contributed by atoms with Crippen molar-refractivity contribution >= 4 is 5.82 Å². The summed E-state index contributed by atoms with van der Waals surface area (Å²) < 4.78 is 38.0. The molecule has 1 heterocycles. The molecule has 6 heteroatoms. The summed E-state index contributed by atoms with van der Waals surface area (Å²) in [6.45, 7) is 1.30. The molecule has 0 spiro atoms. The molecule has 19 heavy (non-hydrogen) atoms. The Balaban J connectivity index is 2.30. The summed E-state index contributed by atoms with van der Waals surface area (Å²) in [4.78, 5) is 5.68. The van der Waals surface area contributed by atoms with Gasteiger partial charge in [0, 0.05) is 18.3 Å². The lowest BCUT2D eigenvalue weighted by atomic mass is 10.2. The Kier molecular flexibility index (Phi) is 3.99. The van der Waals surface area contributed by atoms with Gasteiger partial charge < -0.3 is 10.6 Å². The van der Waals surface area contributed by atoms with Crippen LogP contribution < -0.4 is 10.6 Å². The quantitative estimate of drug-likeness (QED) is 0.896. The summed E-state index contributed by atoms with van der Waals surface area (Å²) in [6.07, 6.45) is -1.93. The Morgan fingerprint density at radius 3 is 2.53 bits per heavy atom. The zero-order valence-corrected chi connectivity index (χ0v) is 10.9. The fraction of sp³-hybridized carbons (Fsp3) is 0.615. The maximum absolute atomic E-state index is 12.7. The van der Waals surface area contributed by atoms with Gasteiger partial charge in [-0.25, -0.2) is 4.98 Å². The minimum atomic E-state index is -4.21. The van der Waals surface area contributed by atoms with Gasteiger partial charge in [-0.3, -0.25) is 0 Å². The molecular formula is C13H18F3N3. The first kappa shape index (κ1) is 14.1. The number of alkyl halides is 3. The molecule has 0 amide bonds. The predicted molar refractivity (Wildman–Crippen MR) is 67.9 cm³/mol. The highest BCUT2D eigenvalue weighted by molar-refractivity contribution is 5.45. The van der Waals surface area contributed by atoms with Crippen molar-refractivity contribution in [3.8, 4) is 0 Å². The molecule has 1 aliphatic carbocycles. The van der Waals surface area contributed by atoms with Gasteiger partial charge in [0.25, 0.3) is 0 Å². The number of pyridine rings is 1. The van der Waals surface area contributed by atoms with E-state index in [2.05, 4.69) is 4.98 Å². The third-order valence-electron chi connectivity index (χ3n) is 3.15. The second-order valence-electron chi connectivity index (χ2n) is 4.86. The zero-order valence-electron chi connectivity index (χ0n) is 10.9. The molecule has 0 atom stereocenters. The smallest absolute Gasteiger partial charge is 0.345 e. The molecule has 1 aromatic heterocycles. The van der Waals surface area contributed by atoms with Gasteiger partial charge in [-0.15, -0.1) is 0 Å². The molecule has 1 fully saturated rings. The van der Waals surface area contributed by atoms with E-state index in [1.165, 1.54) is 4.90 Å². The molecule has 0 unspecified atom stereocenters. The number of nitrogens with zero attached hydrogens (tertiary/aromatic N) is 2. The van der Waals surface area contributed by atoms with Crippen LogP contribution in [0.1, 0.15) is 31.0 Å². The first-order valence-electron chi connectivity index (χ1n) is 6.46. The predicted octanol–water partition coefficient (Wildman–Crippen LogP) is 2.63. The number of hydrogen-bond acceptors (Lipinski definition) is 3. The van der Waals surface area contributed by atoms with Gasteiger partial charge in [0.1, 0.15) is 12.4 Å². The monoisotopic (exact) mass is 273 g/mol. The standard InChI is InChI=1S/C13H18F3N3/c1-2-10-5-9(7-17)6-12(18-10)19(11-3-4-11)8-13(14,15)16/h5-6,11H,2-4,7-8,17H2,1H3. The number of nitrogens with two attached hydrogens (primary N) is 1. The van der Waals surface area contributed by atoms with E-state index in [9.17, 15) is 13.2 Å². The Bertz CT molecular complexity index is 419. The van der Waals surface area contributed by atoms with E-state index < -0.39 is 12.7 Å². The third kappa shape index (κ3) is 3.83. The van der Waals surface area contributed by atoms with Gasteiger partial charge in [0.2, 0.25) is 0 Å². The van der Waals surface area contributed by atoms with E-state index in [1.54, 1.807) is 6.07 Å². The maximum Gasteiger partial charge on any atom is 0.405 e. The van der Waals surface area contributed by atoms with Crippen molar-refractivity contribution in [2.75, 3.05) is 11.4 Å². The van der Waals surface area contributed by atoms with Gasteiger partial charge in [-0.05, 0) is 37.0 Å². The SMILES string of the molecule is CCc1cc(CN)cc(N(CC(F)(F)F)C2CC2)n1. The molecule has 0 aromatic carbocycles. The lowest BCUT2D eigenvalue weighted by Gasteiger charge is -2.25. The molecule has 2 N–H and O–H groups in total. The van der Waals surface area contributed by atoms with E-state index in [-0.39, 0.29) is 6.04 Å². The average molecular weight is 273 g/mol. The van der Waals surface area contributed by atoms with Crippen LogP contribution in [0.4, 0.5) is 19.0 Å². The third-order valence-corrected chi connectivity index (χ3v) is 3.15. The lowest BCUT2D eigenvalue weighted by Crippen LogP contribution is -2.36. The van der Waals surface area contributed by atoms with Gasteiger partial charge in [0.15, 0.2) is 0 Å². The van der Waals surface area contributed by atoms with Crippen molar-refractivity contribution in [2.45, 2.75) is 44.9 Å². The van der Waals surface area contributed by atoms with Crippen LogP contribution in [0.3, 0.4) is 0 Å². The number of hydrogen-bond donors (Lipinski definition) is 1.